The summed E-state index contributed by atoms with van der Waals surface area (Å²) in [5.74, 6) is -0.350. The van der Waals surface area contributed by atoms with Gasteiger partial charge in [0, 0.05) is 31.8 Å². The Labute approximate surface area is 229 Å². The van der Waals surface area contributed by atoms with E-state index in [0.29, 0.717) is 54.1 Å². The van der Waals surface area contributed by atoms with Crippen LogP contribution in [0.3, 0.4) is 0 Å². The molecule has 14 heteroatoms. The van der Waals surface area contributed by atoms with Crippen molar-refractivity contribution >= 4 is 48.3 Å². The van der Waals surface area contributed by atoms with Crippen LogP contribution in [-0.2, 0) is 24.2 Å². The smallest absolute Gasteiger partial charge is 0.280 e. The Kier molecular flexibility index (Phi) is 9.80. The first kappa shape index (κ1) is 28.8. The number of benzene rings is 1. The van der Waals surface area contributed by atoms with Gasteiger partial charge in [0.1, 0.15) is 23.1 Å². The van der Waals surface area contributed by atoms with Crippen molar-refractivity contribution in [2.75, 3.05) is 38.0 Å². The number of pyridine rings is 1. The number of ether oxygens (including phenoxy) is 2. The average molecular weight is 579 g/mol. The van der Waals surface area contributed by atoms with Gasteiger partial charge in [-0.05, 0) is 37.5 Å². The van der Waals surface area contributed by atoms with Gasteiger partial charge in [-0.1, -0.05) is 28.6 Å². The Morgan fingerprint density at radius 3 is 2.64 bits per heavy atom. The number of fused-ring (bicyclic) bond motifs is 1. The summed E-state index contributed by atoms with van der Waals surface area (Å²) in [6.45, 7) is 0.292. The van der Waals surface area contributed by atoms with Crippen molar-refractivity contribution in [3.05, 3.63) is 42.0 Å². The summed E-state index contributed by atoms with van der Waals surface area (Å²) in [6, 6.07) is 9.16. The van der Waals surface area contributed by atoms with Gasteiger partial charge in [0.15, 0.2) is 20.7 Å². The summed E-state index contributed by atoms with van der Waals surface area (Å²) in [7, 11) is -2.01. The molecule has 3 N–H and O–H groups in total. The highest BCUT2D eigenvalue weighted by atomic mass is 32.2. The minimum atomic E-state index is -3.52. The lowest BCUT2D eigenvalue weighted by Gasteiger charge is -2.11. The van der Waals surface area contributed by atoms with E-state index in [1.165, 1.54) is 31.4 Å². The van der Waals surface area contributed by atoms with E-state index in [1.807, 2.05) is 0 Å². The summed E-state index contributed by atoms with van der Waals surface area (Å²) in [5, 5.41) is 25.8. The lowest BCUT2D eigenvalue weighted by molar-refractivity contribution is -0.110. The summed E-state index contributed by atoms with van der Waals surface area (Å²) in [4.78, 5) is 28.3. The number of nitrogens with zero attached hydrogens (tertiary/aromatic N) is 3. The number of hydrogen-bond acceptors (Lipinski definition) is 12. The zero-order chi connectivity index (χ0) is 27.8. The van der Waals surface area contributed by atoms with Gasteiger partial charge in [0.05, 0.1) is 23.4 Å². The van der Waals surface area contributed by atoms with Crippen molar-refractivity contribution in [3.8, 4) is 5.88 Å². The Bertz CT molecular complexity index is 1410. The number of carbonyl (C=O) groups excluding carboxylic acids is 1. The molecule has 1 aromatic carbocycles. The van der Waals surface area contributed by atoms with Gasteiger partial charge in [0.25, 0.3) is 5.91 Å². The molecule has 3 aromatic rings. The number of thiazole rings is 1. The second-order valence-electron chi connectivity index (χ2n) is 8.84. The third-order valence-corrected chi connectivity index (χ3v) is 8.60. The van der Waals surface area contributed by atoms with Crippen LogP contribution >= 0.6 is 11.3 Å². The Hall–Kier alpha value is -3.17. The zero-order valence-electron chi connectivity index (χ0n) is 21.3. The lowest BCUT2D eigenvalue weighted by Crippen LogP contribution is -2.25. The minimum absolute atomic E-state index is 0.0624. The van der Waals surface area contributed by atoms with E-state index >= 15 is 0 Å². The predicted molar refractivity (Wildman–Crippen MR) is 145 cm³/mol. The zero-order valence-corrected chi connectivity index (χ0v) is 22.9. The molecule has 1 fully saturated rings. The summed E-state index contributed by atoms with van der Waals surface area (Å²) in [5.41, 5.74) is 0.823. The van der Waals surface area contributed by atoms with Crippen molar-refractivity contribution in [2.24, 2.45) is 5.16 Å². The summed E-state index contributed by atoms with van der Waals surface area (Å²) < 4.78 is 35.5. The maximum Gasteiger partial charge on any atom is 0.280 e. The molecule has 1 aliphatic rings. The average Bonchev–Trinajstić information content (AvgIpc) is 3.52. The van der Waals surface area contributed by atoms with E-state index in [0.717, 1.165) is 11.3 Å². The number of methoxy groups -OCH3 is 1. The van der Waals surface area contributed by atoms with E-state index in [4.69, 9.17) is 19.4 Å². The minimum Gasteiger partial charge on any atom is -0.475 e. The number of rotatable bonds is 13. The highest BCUT2D eigenvalue weighted by Gasteiger charge is 2.26. The number of carbonyl (C=O) groups is 1. The number of nitrogens with one attached hydrogen (secondary N) is 1. The second kappa shape index (κ2) is 13.3. The fourth-order valence-electron chi connectivity index (χ4n) is 3.94. The SMILES string of the molecule is COCCCS(=O)(=O)c1ccc(/C(=N\O[C@@H]2CC[C@@H](O)C2)C(=O)Nc2nc3ccc(OCCO)nc3s2)cc1. The van der Waals surface area contributed by atoms with Gasteiger partial charge < -0.3 is 24.5 Å². The molecule has 210 valence electrons. The Morgan fingerprint density at radius 1 is 1.15 bits per heavy atom. The first-order valence-electron chi connectivity index (χ1n) is 12.4. The van der Waals surface area contributed by atoms with Gasteiger partial charge in [-0.2, -0.15) is 0 Å². The third kappa shape index (κ3) is 7.70. The molecule has 1 saturated carbocycles. The maximum absolute atomic E-state index is 13.3. The fraction of sp³-hybridized carbons (Fsp3) is 0.440. The van der Waals surface area contributed by atoms with Crippen LogP contribution < -0.4 is 10.1 Å². The molecule has 39 heavy (non-hydrogen) atoms. The van der Waals surface area contributed by atoms with Gasteiger partial charge >= 0.3 is 0 Å². The molecule has 2 aromatic heterocycles. The van der Waals surface area contributed by atoms with Crippen LogP contribution in [0.15, 0.2) is 46.4 Å². The number of sulfone groups is 1. The Morgan fingerprint density at radius 2 is 1.95 bits per heavy atom. The number of anilines is 1. The molecule has 0 unspecified atom stereocenters. The summed E-state index contributed by atoms with van der Waals surface area (Å²) >= 11 is 1.13. The van der Waals surface area contributed by atoms with Crippen molar-refractivity contribution < 1.29 is 37.7 Å². The molecule has 0 bridgehead atoms. The van der Waals surface area contributed by atoms with Crippen molar-refractivity contribution in [1.82, 2.24) is 9.97 Å². The van der Waals surface area contributed by atoms with Gasteiger partial charge in [0.2, 0.25) is 5.88 Å². The third-order valence-electron chi connectivity index (χ3n) is 5.91. The molecular weight excluding hydrogens is 548 g/mol. The van der Waals surface area contributed by atoms with Crippen LogP contribution in [0.4, 0.5) is 5.13 Å². The Balaban J connectivity index is 1.55. The molecule has 4 rings (SSSR count). The molecule has 1 aliphatic carbocycles. The van der Waals surface area contributed by atoms with Crippen LogP contribution in [0.25, 0.3) is 10.3 Å². The van der Waals surface area contributed by atoms with Crippen LogP contribution in [0.2, 0.25) is 0 Å². The normalized spacial score (nSPS) is 17.9. The monoisotopic (exact) mass is 578 g/mol. The molecule has 0 radical (unpaired) electrons. The molecule has 0 spiro atoms. The fourth-order valence-corrected chi connectivity index (χ4v) is 6.05. The number of amides is 1. The number of oxime groups is 1. The molecular formula is C25H30N4O8S2. The predicted octanol–water partition coefficient (Wildman–Crippen LogP) is 2.15. The van der Waals surface area contributed by atoms with E-state index in [2.05, 4.69) is 20.4 Å². The van der Waals surface area contributed by atoms with E-state index < -0.39 is 21.8 Å². The first-order chi connectivity index (χ1) is 18.8. The van der Waals surface area contributed by atoms with Crippen LogP contribution in [0.1, 0.15) is 31.2 Å². The number of aromatic nitrogens is 2. The largest absolute Gasteiger partial charge is 0.475 e. The molecule has 12 nitrogen and oxygen atoms in total. The van der Waals surface area contributed by atoms with Crippen molar-refractivity contribution in [2.45, 2.75) is 42.8 Å². The number of aliphatic hydroxyl groups excluding tert-OH is 2. The number of aliphatic hydroxyl groups is 2. The number of hydrogen-bond donors (Lipinski definition) is 3. The molecule has 1 amide bonds. The van der Waals surface area contributed by atoms with Gasteiger partial charge in [-0.15, -0.1) is 0 Å². The van der Waals surface area contributed by atoms with Gasteiger partial charge in [-0.25, -0.2) is 18.4 Å². The van der Waals surface area contributed by atoms with Crippen LogP contribution in [0.5, 0.6) is 5.88 Å². The molecule has 0 aliphatic heterocycles. The van der Waals surface area contributed by atoms with Gasteiger partial charge in [-0.3, -0.25) is 10.1 Å². The second-order valence-corrected chi connectivity index (χ2v) is 11.9. The highest BCUT2D eigenvalue weighted by molar-refractivity contribution is 7.91. The van der Waals surface area contributed by atoms with E-state index in [9.17, 15) is 18.3 Å². The van der Waals surface area contributed by atoms with Crippen LogP contribution in [0, 0.1) is 0 Å². The topological polar surface area (TPSA) is 170 Å². The summed E-state index contributed by atoms with van der Waals surface area (Å²) in [6.07, 6.45) is 1.13. The van der Waals surface area contributed by atoms with E-state index in [-0.39, 0.29) is 40.8 Å². The first-order valence-corrected chi connectivity index (χ1v) is 14.8. The highest BCUT2D eigenvalue weighted by Crippen LogP contribution is 2.27. The molecule has 0 saturated heterocycles. The standard InChI is InChI=1S/C25H30N4O8S2/c1-35-12-2-14-39(33,34)19-7-3-16(4-8-19)22(29-37-18-6-5-17(31)15-18)23(32)28-25-26-20-9-10-21(36-13-11-30)27-24(20)38-25/h3-4,7-10,17-18,30-31H,2,5-6,11-15H2,1H3,(H,26,28,32)/b29-22+/t17-,18-/m1/s1. The maximum atomic E-state index is 13.3. The van der Waals surface area contributed by atoms with E-state index in [1.54, 1.807) is 12.1 Å². The molecule has 2 heterocycles. The molecule has 2 atom stereocenters. The van der Waals surface area contributed by atoms with Crippen molar-refractivity contribution in [3.63, 3.8) is 0 Å². The quantitative estimate of drug-likeness (QED) is 0.155. The lowest BCUT2D eigenvalue weighted by atomic mass is 10.1. The van der Waals surface area contributed by atoms with Crippen LogP contribution in [-0.4, -0.2) is 85.1 Å². The van der Waals surface area contributed by atoms with Crippen molar-refractivity contribution in [1.29, 1.82) is 0 Å².